The molecule has 1 N–H and O–H groups in total. The van der Waals surface area contributed by atoms with Crippen LogP contribution in [0.4, 0.5) is 5.69 Å². The minimum atomic E-state index is -0.675. The highest BCUT2D eigenvalue weighted by Crippen LogP contribution is 2.55. The van der Waals surface area contributed by atoms with Crippen molar-refractivity contribution >= 4 is 23.3 Å². The average Bonchev–Trinajstić information content (AvgIpc) is 2.85. The first-order chi connectivity index (χ1) is 16.6. The lowest BCUT2D eigenvalue weighted by molar-refractivity contribution is -0.128. The molecule has 2 aliphatic rings. The molecule has 4 rings (SSSR count). The Kier molecular flexibility index (Phi) is 6.02. The van der Waals surface area contributed by atoms with Gasteiger partial charge in [0.2, 0.25) is 0 Å². The van der Waals surface area contributed by atoms with E-state index in [1.807, 2.05) is 26.0 Å². The van der Waals surface area contributed by atoms with E-state index in [2.05, 4.69) is 18.3 Å². The minimum absolute atomic E-state index is 0.0183. The number of nitrogens with one attached hydrogen (secondary N) is 1. The van der Waals surface area contributed by atoms with Crippen LogP contribution in [0.2, 0.25) is 0 Å². The van der Waals surface area contributed by atoms with E-state index in [1.165, 1.54) is 14.2 Å². The number of hydrogen-bond acceptors (Lipinski definition) is 6. The van der Waals surface area contributed by atoms with Gasteiger partial charge in [0.05, 0.1) is 30.9 Å². The van der Waals surface area contributed by atoms with E-state index >= 15 is 0 Å². The number of aryl methyl sites for hydroxylation is 1. The number of carbonyl (C=O) groups is 3. The van der Waals surface area contributed by atoms with Crippen molar-refractivity contribution in [3.8, 4) is 11.8 Å². The second-order valence-corrected chi connectivity index (χ2v) is 9.83. The summed E-state index contributed by atoms with van der Waals surface area (Å²) in [6.07, 6.45) is 3.27. The highest BCUT2D eigenvalue weighted by molar-refractivity contribution is 6.07. The third-order valence-electron chi connectivity index (χ3n) is 7.51. The van der Waals surface area contributed by atoms with E-state index in [-0.39, 0.29) is 23.2 Å². The topological polar surface area (TPSA) is 105 Å². The first-order valence-corrected chi connectivity index (χ1v) is 11.5. The van der Waals surface area contributed by atoms with E-state index in [4.69, 9.17) is 9.47 Å². The molecule has 2 aromatic carbocycles. The summed E-state index contributed by atoms with van der Waals surface area (Å²) in [6.45, 7) is 5.89. The van der Waals surface area contributed by atoms with Gasteiger partial charge in [-0.05, 0) is 66.3 Å². The molecule has 0 saturated carbocycles. The maximum absolute atomic E-state index is 13.2. The molecule has 0 aromatic heterocycles. The quantitative estimate of drug-likeness (QED) is 0.652. The number of fused-ring (bicyclic) bond motifs is 3. The van der Waals surface area contributed by atoms with Crippen molar-refractivity contribution in [1.82, 2.24) is 0 Å². The molecule has 7 nitrogen and oxygen atoms in total. The van der Waals surface area contributed by atoms with Crippen molar-refractivity contribution in [2.24, 2.45) is 11.3 Å². The molecule has 180 valence electrons. The molecule has 0 fully saturated rings. The lowest BCUT2D eigenvalue weighted by Gasteiger charge is -2.51. The summed E-state index contributed by atoms with van der Waals surface area (Å²) in [5.74, 6) is -0.477. The zero-order valence-electron chi connectivity index (χ0n) is 20.5. The molecule has 2 aliphatic carbocycles. The Morgan fingerprint density at radius 3 is 2.40 bits per heavy atom. The van der Waals surface area contributed by atoms with Crippen molar-refractivity contribution in [3.05, 3.63) is 70.3 Å². The lowest BCUT2D eigenvalue weighted by atomic mass is 9.51. The molecule has 2 atom stereocenters. The van der Waals surface area contributed by atoms with Crippen LogP contribution in [-0.2, 0) is 21.4 Å². The van der Waals surface area contributed by atoms with Crippen molar-refractivity contribution in [1.29, 1.82) is 5.26 Å². The molecular formula is C28H28N2O5. The molecule has 35 heavy (non-hydrogen) atoms. The fraction of sp³-hybridized carbons (Fsp3) is 0.357. The van der Waals surface area contributed by atoms with Crippen LogP contribution >= 0.6 is 0 Å². The van der Waals surface area contributed by atoms with Gasteiger partial charge in [-0.1, -0.05) is 26.8 Å². The minimum Gasteiger partial charge on any atom is -0.496 e. The van der Waals surface area contributed by atoms with Crippen LogP contribution in [0.25, 0.3) is 0 Å². The van der Waals surface area contributed by atoms with Gasteiger partial charge in [0.15, 0.2) is 5.78 Å². The zero-order chi connectivity index (χ0) is 25.5. The summed E-state index contributed by atoms with van der Waals surface area (Å²) in [5.41, 5.74) is 2.24. The number of amides is 1. The normalized spacial score (nSPS) is 22.1. The number of anilines is 1. The molecule has 0 radical (unpaired) electrons. The molecule has 2 aromatic rings. The highest BCUT2D eigenvalue weighted by atomic mass is 16.5. The fourth-order valence-corrected chi connectivity index (χ4v) is 5.72. The van der Waals surface area contributed by atoms with Crippen molar-refractivity contribution in [3.63, 3.8) is 0 Å². The van der Waals surface area contributed by atoms with Crippen molar-refractivity contribution in [2.75, 3.05) is 19.5 Å². The van der Waals surface area contributed by atoms with E-state index in [9.17, 15) is 19.6 Å². The predicted octanol–water partition coefficient (Wildman–Crippen LogP) is 4.61. The number of rotatable bonds is 4. The Balaban J connectivity index is 1.72. The maximum Gasteiger partial charge on any atom is 0.337 e. The predicted molar refractivity (Wildman–Crippen MR) is 130 cm³/mol. The van der Waals surface area contributed by atoms with Crippen LogP contribution in [0.5, 0.6) is 5.75 Å². The van der Waals surface area contributed by atoms with Gasteiger partial charge in [-0.25, -0.2) is 4.79 Å². The molecule has 7 heteroatoms. The van der Waals surface area contributed by atoms with Gasteiger partial charge in [-0.2, -0.15) is 5.26 Å². The molecule has 0 aliphatic heterocycles. The van der Waals surface area contributed by atoms with Gasteiger partial charge in [-0.3, -0.25) is 9.59 Å². The van der Waals surface area contributed by atoms with Crippen molar-refractivity contribution in [2.45, 2.75) is 39.0 Å². The third kappa shape index (κ3) is 3.89. The zero-order valence-corrected chi connectivity index (χ0v) is 20.5. The average molecular weight is 473 g/mol. The number of carbonyl (C=O) groups excluding carboxylic acids is 3. The van der Waals surface area contributed by atoms with Crippen LogP contribution in [0, 0.1) is 22.7 Å². The second-order valence-electron chi connectivity index (χ2n) is 9.83. The first kappa shape index (κ1) is 24.2. The van der Waals surface area contributed by atoms with Gasteiger partial charge in [-0.15, -0.1) is 0 Å². The van der Waals surface area contributed by atoms with E-state index in [0.29, 0.717) is 29.0 Å². The molecule has 0 bridgehead atoms. The third-order valence-corrected chi connectivity index (χ3v) is 7.51. The van der Waals surface area contributed by atoms with Crippen LogP contribution in [0.3, 0.4) is 0 Å². The smallest absolute Gasteiger partial charge is 0.337 e. The summed E-state index contributed by atoms with van der Waals surface area (Å²) in [6, 6.07) is 12.2. The van der Waals surface area contributed by atoms with Gasteiger partial charge < -0.3 is 14.8 Å². The summed E-state index contributed by atoms with van der Waals surface area (Å²) in [4.78, 5) is 37.7. The van der Waals surface area contributed by atoms with Crippen LogP contribution in [0.1, 0.15) is 59.0 Å². The molecular weight excluding hydrogens is 444 g/mol. The standard InChI is InChI=1S/C28H28N2O5/c1-27(2)23-11-8-17-12-20(25(32)30-19-9-6-16(7-10-19)26(33)35-5)22(34-4)13-21(17)28(23,3)14-18(15-29)24(27)31/h6-7,9-10,12-14,23H,8,11H2,1-5H3,(H,30,32)/t23-,28+/m0/s1. The lowest BCUT2D eigenvalue weighted by Crippen LogP contribution is -2.51. The molecule has 0 saturated heterocycles. The summed E-state index contributed by atoms with van der Waals surface area (Å²) >= 11 is 0. The van der Waals surface area contributed by atoms with E-state index < -0.39 is 16.8 Å². The molecule has 1 amide bonds. The number of hydrogen-bond donors (Lipinski definition) is 1. The Labute approximate surface area is 204 Å². The Morgan fingerprint density at radius 2 is 1.80 bits per heavy atom. The Hall–Kier alpha value is -3.92. The van der Waals surface area contributed by atoms with Crippen LogP contribution < -0.4 is 10.1 Å². The SMILES string of the molecule is COC(=O)c1ccc(NC(=O)c2cc3c(cc2OC)[C@@]2(C)C=C(C#N)C(=O)C(C)(C)[C@@H]2CC3)cc1. The molecule has 0 unspecified atom stereocenters. The van der Waals surface area contributed by atoms with Crippen molar-refractivity contribution < 1.29 is 23.9 Å². The van der Waals surface area contributed by atoms with E-state index in [1.54, 1.807) is 30.3 Å². The fourth-order valence-electron chi connectivity index (χ4n) is 5.72. The summed E-state index contributed by atoms with van der Waals surface area (Å²) in [5, 5.41) is 12.5. The molecule has 0 heterocycles. The van der Waals surface area contributed by atoms with Crippen LogP contribution in [0.15, 0.2) is 48.0 Å². The van der Waals surface area contributed by atoms with Gasteiger partial charge in [0.1, 0.15) is 11.8 Å². The van der Waals surface area contributed by atoms with Crippen LogP contribution in [-0.4, -0.2) is 31.9 Å². The number of ether oxygens (including phenoxy) is 2. The Bertz CT molecular complexity index is 1300. The number of Topliss-reactive ketones (excluding diaryl/α,β-unsaturated/α-hetero) is 1. The summed E-state index contributed by atoms with van der Waals surface area (Å²) < 4.78 is 10.3. The number of esters is 1. The number of allylic oxidation sites excluding steroid dienone is 2. The Morgan fingerprint density at radius 1 is 1.11 bits per heavy atom. The number of nitriles is 1. The number of ketones is 1. The molecule has 0 spiro atoms. The largest absolute Gasteiger partial charge is 0.496 e. The highest BCUT2D eigenvalue weighted by Gasteiger charge is 2.54. The summed E-state index contributed by atoms with van der Waals surface area (Å²) in [7, 11) is 2.82. The second kappa shape index (κ2) is 8.70. The van der Waals surface area contributed by atoms with Gasteiger partial charge in [0.25, 0.3) is 5.91 Å². The number of nitrogens with zero attached hydrogens (tertiary/aromatic N) is 1. The number of methoxy groups -OCH3 is 2. The first-order valence-electron chi connectivity index (χ1n) is 11.5. The van der Waals surface area contributed by atoms with E-state index in [0.717, 1.165) is 17.5 Å². The monoisotopic (exact) mass is 472 g/mol. The maximum atomic E-state index is 13.2. The van der Waals surface area contributed by atoms with Gasteiger partial charge >= 0.3 is 5.97 Å². The van der Waals surface area contributed by atoms with Gasteiger partial charge in [0, 0.05) is 16.5 Å². The number of benzene rings is 2.